The van der Waals surface area contributed by atoms with Crippen molar-refractivity contribution in [1.29, 1.82) is 0 Å². The molecule has 1 amide bonds. The molecule has 1 heterocycles. The molecule has 0 aliphatic carbocycles. The SMILES string of the molecule is CC(NC(=O)COc1ccc([N+](=O)[O-])cc1Cl)c1ccc2c(c1)OCCO2. The average Bonchev–Trinajstić information content (AvgIpc) is 2.66. The van der Waals surface area contributed by atoms with Crippen LogP contribution in [0.2, 0.25) is 5.02 Å². The maximum atomic E-state index is 12.1. The summed E-state index contributed by atoms with van der Waals surface area (Å²) in [6.45, 7) is 2.57. The van der Waals surface area contributed by atoms with E-state index in [1.807, 2.05) is 19.1 Å². The summed E-state index contributed by atoms with van der Waals surface area (Å²) in [6, 6.07) is 9.01. The maximum Gasteiger partial charge on any atom is 0.271 e. The van der Waals surface area contributed by atoms with Gasteiger partial charge in [-0.15, -0.1) is 0 Å². The van der Waals surface area contributed by atoms with Gasteiger partial charge in [-0.3, -0.25) is 14.9 Å². The second kappa shape index (κ2) is 8.13. The highest BCUT2D eigenvalue weighted by molar-refractivity contribution is 6.32. The van der Waals surface area contributed by atoms with E-state index in [9.17, 15) is 14.9 Å². The summed E-state index contributed by atoms with van der Waals surface area (Å²) >= 11 is 5.94. The van der Waals surface area contributed by atoms with Crippen LogP contribution in [0.1, 0.15) is 18.5 Å². The highest BCUT2D eigenvalue weighted by Gasteiger charge is 2.17. The minimum absolute atomic E-state index is 0.0666. The van der Waals surface area contributed by atoms with E-state index in [0.29, 0.717) is 24.7 Å². The zero-order valence-electron chi connectivity index (χ0n) is 14.4. The third-order valence-corrected chi connectivity index (χ3v) is 4.22. The predicted octanol–water partition coefficient (Wildman–Crippen LogP) is 3.28. The van der Waals surface area contributed by atoms with Crippen molar-refractivity contribution < 1.29 is 23.9 Å². The number of ether oxygens (including phenoxy) is 3. The molecule has 9 heteroatoms. The van der Waals surface area contributed by atoms with E-state index in [-0.39, 0.29) is 35.0 Å². The Kier molecular flexibility index (Phi) is 5.66. The van der Waals surface area contributed by atoms with Gasteiger partial charge in [-0.2, -0.15) is 0 Å². The van der Waals surface area contributed by atoms with Crippen LogP contribution in [0, 0.1) is 10.1 Å². The highest BCUT2D eigenvalue weighted by atomic mass is 35.5. The minimum atomic E-state index is -0.558. The monoisotopic (exact) mass is 392 g/mol. The predicted molar refractivity (Wildman–Crippen MR) is 97.6 cm³/mol. The summed E-state index contributed by atoms with van der Waals surface area (Å²) in [6.07, 6.45) is 0. The summed E-state index contributed by atoms with van der Waals surface area (Å²) in [5, 5.41) is 13.6. The Balaban J connectivity index is 1.57. The molecule has 1 atom stereocenters. The number of nitrogens with zero attached hydrogens (tertiary/aromatic N) is 1. The maximum absolute atomic E-state index is 12.1. The Labute approximate surface area is 160 Å². The molecule has 1 N–H and O–H groups in total. The topological polar surface area (TPSA) is 99.9 Å². The van der Waals surface area contributed by atoms with Crippen molar-refractivity contribution >= 4 is 23.2 Å². The number of amides is 1. The molecule has 2 aromatic carbocycles. The Bertz CT molecular complexity index is 873. The van der Waals surface area contributed by atoms with Crippen LogP contribution in [-0.4, -0.2) is 30.7 Å². The molecular weight excluding hydrogens is 376 g/mol. The molecular formula is C18H17ClN2O6. The number of rotatable bonds is 6. The molecule has 0 saturated carbocycles. The molecule has 0 bridgehead atoms. The number of carbonyl (C=O) groups is 1. The number of nitro benzene ring substituents is 1. The molecule has 0 spiro atoms. The van der Waals surface area contributed by atoms with Crippen molar-refractivity contribution in [2.45, 2.75) is 13.0 Å². The number of hydrogen-bond acceptors (Lipinski definition) is 6. The van der Waals surface area contributed by atoms with Crippen LogP contribution in [-0.2, 0) is 4.79 Å². The average molecular weight is 393 g/mol. The van der Waals surface area contributed by atoms with Crippen LogP contribution in [0.15, 0.2) is 36.4 Å². The number of carbonyl (C=O) groups excluding carboxylic acids is 1. The van der Waals surface area contributed by atoms with Crippen LogP contribution >= 0.6 is 11.6 Å². The summed E-state index contributed by atoms with van der Waals surface area (Å²) in [5.41, 5.74) is 0.713. The van der Waals surface area contributed by atoms with E-state index in [4.69, 9.17) is 25.8 Å². The van der Waals surface area contributed by atoms with E-state index in [2.05, 4.69) is 5.32 Å². The second-order valence-corrected chi connectivity index (χ2v) is 6.26. The van der Waals surface area contributed by atoms with Crippen molar-refractivity contribution in [3.8, 4) is 17.2 Å². The van der Waals surface area contributed by atoms with Gasteiger partial charge >= 0.3 is 0 Å². The summed E-state index contributed by atoms with van der Waals surface area (Å²) < 4.78 is 16.4. The van der Waals surface area contributed by atoms with Crippen molar-refractivity contribution in [1.82, 2.24) is 5.32 Å². The fourth-order valence-electron chi connectivity index (χ4n) is 2.56. The fourth-order valence-corrected chi connectivity index (χ4v) is 2.79. The first-order chi connectivity index (χ1) is 12.9. The Morgan fingerprint density at radius 3 is 2.70 bits per heavy atom. The molecule has 27 heavy (non-hydrogen) atoms. The lowest BCUT2D eigenvalue weighted by atomic mass is 10.1. The number of nitrogens with one attached hydrogen (secondary N) is 1. The van der Waals surface area contributed by atoms with Gasteiger partial charge in [-0.05, 0) is 30.7 Å². The van der Waals surface area contributed by atoms with E-state index in [1.165, 1.54) is 18.2 Å². The number of nitro groups is 1. The zero-order valence-corrected chi connectivity index (χ0v) is 15.2. The van der Waals surface area contributed by atoms with Crippen LogP contribution in [0.4, 0.5) is 5.69 Å². The lowest BCUT2D eigenvalue weighted by Gasteiger charge is -2.21. The van der Waals surface area contributed by atoms with Crippen molar-refractivity contribution in [3.05, 3.63) is 57.1 Å². The molecule has 2 aromatic rings. The third-order valence-electron chi connectivity index (χ3n) is 3.93. The quantitative estimate of drug-likeness (QED) is 0.598. The summed E-state index contributed by atoms with van der Waals surface area (Å²) in [7, 11) is 0. The van der Waals surface area contributed by atoms with Crippen LogP contribution < -0.4 is 19.5 Å². The van der Waals surface area contributed by atoms with Gasteiger partial charge in [0.25, 0.3) is 11.6 Å². The number of hydrogen-bond donors (Lipinski definition) is 1. The molecule has 1 aliphatic heterocycles. The van der Waals surface area contributed by atoms with Crippen molar-refractivity contribution in [2.75, 3.05) is 19.8 Å². The van der Waals surface area contributed by atoms with Gasteiger partial charge in [0.2, 0.25) is 0 Å². The number of benzene rings is 2. The summed E-state index contributed by atoms with van der Waals surface area (Å²) in [4.78, 5) is 22.3. The van der Waals surface area contributed by atoms with Crippen molar-refractivity contribution in [3.63, 3.8) is 0 Å². The van der Waals surface area contributed by atoms with Gasteiger partial charge in [-0.1, -0.05) is 17.7 Å². The first-order valence-corrected chi connectivity index (χ1v) is 8.57. The third kappa shape index (κ3) is 4.59. The standard InChI is InChI=1S/C18H17ClN2O6/c1-11(12-2-4-16-17(8-12)26-7-6-25-16)20-18(22)10-27-15-5-3-13(21(23)24)9-14(15)19/h2-5,8-9,11H,6-7,10H2,1H3,(H,20,22). The van der Waals surface area contributed by atoms with E-state index < -0.39 is 4.92 Å². The zero-order chi connectivity index (χ0) is 19.4. The molecule has 142 valence electrons. The lowest BCUT2D eigenvalue weighted by molar-refractivity contribution is -0.384. The Hall–Kier alpha value is -3.00. The molecule has 0 aromatic heterocycles. The largest absolute Gasteiger partial charge is 0.486 e. The van der Waals surface area contributed by atoms with E-state index in [1.54, 1.807) is 6.07 Å². The van der Waals surface area contributed by atoms with Gasteiger partial charge in [0.1, 0.15) is 19.0 Å². The second-order valence-electron chi connectivity index (χ2n) is 5.85. The smallest absolute Gasteiger partial charge is 0.271 e. The Morgan fingerprint density at radius 2 is 2.00 bits per heavy atom. The molecule has 0 fully saturated rings. The van der Waals surface area contributed by atoms with Crippen LogP contribution in [0.5, 0.6) is 17.2 Å². The fraction of sp³-hybridized carbons (Fsp3) is 0.278. The number of fused-ring (bicyclic) bond motifs is 1. The minimum Gasteiger partial charge on any atom is -0.486 e. The first kappa shape index (κ1) is 18.8. The lowest BCUT2D eigenvalue weighted by Crippen LogP contribution is -2.31. The Morgan fingerprint density at radius 1 is 1.26 bits per heavy atom. The van der Waals surface area contributed by atoms with Crippen LogP contribution in [0.3, 0.4) is 0 Å². The van der Waals surface area contributed by atoms with Gasteiger partial charge in [0, 0.05) is 12.1 Å². The highest BCUT2D eigenvalue weighted by Crippen LogP contribution is 2.32. The van der Waals surface area contributed by atoms with E-state index in [0.717, 1.165) is 5.56 Å². The van der Waals surface area contributed by atoms with Gasteiger partial charge in [0.05, 0.1) is 16.0 Å². The molecule has 1 unspecified atom stereocenters. The summed E-state index contributed by atoms with van der Waals surface area (Å²) in [5.74, 6) is 1.17. The normalized spacial score (nSPS) is 13.6. The van der Waals surface area contributed by atoms with Crippen LogP contribution in [0.25, 0.3) is 0 Å². The molecule has 8 nitrogen and oxygen atoms in total. The van der Waals surface area contributed by atoms with Gasteiger partial charge in [-0.25, -0.2) is 0 Å². The van der Waals surface area contributed by atoms with Crippen molar-refractivity contribution in [2.24, 2.45) is 0 Å². The first-order valence-electron chi connectivity index (χ1n) is 8.19. The molecule has 3 rings (SSSR count). The van der Waals surface area contributed by atoms with Gasteiger partial charge < -0.3 is 19.5 Å². The van der Waals surface area contributed by atoms with Gasteiger partial charge in [0.15, 0.2) is 18.1 Å². The molecule has 0 radical (unpaired) electrons. The number of halogens is 1. The molecule has 1 aliphatic rings. The number of non-ortho nitro benzene ring substituents is 1. The van der Waals surface area contributed by atoms with E-state index >= 15 is 0 Å². The molecule has 0 saturated heterocycles.